The molecule has 1 aromatic rings. The molecule has 0 saturated heterocycles. The number of nitrogens with zero attached hydrogens (tertiary/aromatic N) is 1. The van der Waals surface area contributed by atoms with Gasteiger partial charge in [-0.25, -0.2) is 4.57 Å². The fourth-order valence-electron chi connectivity index (χ4n) is 4.32. The Morgan fingerprint density at radius 2 is 1.03 bits per heavy atom. The van der Waals surface area contributed by atoms with Gasteiger partial charge < -0.3 is 12.4 Å². The summed E-state index contributed by atoms with van der Waals surface area (Å²) in [5.74, 6) is 0. The highest BCUT2D eigenvalue weighted by Crippen LogP contribution is 2.19. The first-order chi connectivity index (χ1) is 13.7. The molecule has 0 aliphatic rings. The van der Waals surface area contributed by atoms with Crippen LogP contribution in [-0.2, 0) is 19.9 Å². The SMILES string of the molecule is CCCCCCCCCCc1cc[n+](C)c(C)c1CCCCCCCCCC.[Cl-]. The highest BCUT2D eigenvalue weighted by atomic mass is 35.5. The van der Waals surface area contributed by atoms with Crippen molar-refractivity contribution in [3.8, 4) is 0 Å². The van der Waals surface area contributed by atoms with E-state index in [9.17, 15) is 0 Å². The highest BCUT2D eigenvalue weighted by molar-refractivity contribution is 5.27. The smallest absolute Gasteiger partial charge is 0.181 e. The first-order valence-corrected chi connectivity index (χ1v) is 12.7. The molecule has 0 N–H and O–H groups in total. The van der Waals surface area contributed by atoms with Crippen molar-refractivity contribution in [2.45, 2.75) is 136 Å². The number of aromatic nitrogens is 1. The lowest BCUT2D eigenvalue weighted by Gasteiger charge is -2.11. The molecular formula is C27H50ClN. The van der Waals surface area contributed by atoms with Crippen LogP contribution < -0.4 is 17.0 Å². The van der Waals surface area contributed by atoms with Crippen LogP contribution in [0.25, 0.3) is 0 Å². The van der Waals surface area contributed by atoms with Crippen molar-refractivity contribution in [2.75, 3.05) is 0 Å². The predicted octanol–water partition coefficient (Wildman–Crippen LogP) is 5.19. The number of rotatable bonds is 18. The molecule has 1 nitrogen and oxygen atoms in total. The van der Waals surface area contributed by atoms with E-state index in [2.05, 4.69) is 44.6 Å². The predicted molar refractivity (Wildman–Crippen MR) is 125 cm³/mol. The van der Waals surface area contributed by atoms with Crippen LogP contribution in [0.4, 0.5) is 0 Å². The zero-order valence-corrected chi connectivity index (χ0v) is 21.0. The molecule has 0 spiro atoms. The zero-order chi connectivity index (χ0) is 20.5. The second-order valence-corrected chi connectivity index (χ2v) is 8.97. The van der Waals surface area contributed by atoms with E-state index in [-0.39, 0.29) is 12.4 Å². The van der Waals surface area contributed by atoms with Crippen LogP contribution in [-0.4, -0.2) is 0 Å². The van der Waals surface area contributed by atoms with Gasteiger partial charge in [0.1, 0.15) is 7.05 Å². The molecule has 0 aliphatic carbocycles. The molecule has 29 heavy (non-hydrogen) atoms. The van der Waals surface area contributed by atoms with Gasteiger partial charge in [-0.2, -0.15) is 0 Å². The van der Waals surface area contributed by atoms with Crippen molar-refractivity contribution in [3.63, 3.8) is 0 Å². The average Bonchev–Trinajstić information content (AvgIpc) is 2.70. The maximum Gasteiger partial charge on any atom is 0.181 e. The van der Waals surface area contributed by atoms with Crippen LogP contribution in [0.2, 0.25) is 0 Å². The molecule has 1 heterocycles. The maximum absolute atomic E-state index is 2.40. The topological polar surface area (TPSA) is 3.88 Å². The summed E-state index contributed by atoms with van der Waals surface area (Å²) in [6, 6.07) is 2.40. The van der Waals surface area contributed by atoms with Crippen LogP contribution in [0.3, 0.4) is 0 Å². The quantitative estimate of drug-likeness (QED) is 0.226. The second-order valence-electron chi connectivity index (χ2n) is 8.97. The third-order valence-corrected chi connectivity index (χ3v) is 6.43. The van der Waals surface area contributed by atoms with Gasteiger partial charge in [-0.15, -0.1) is 0 Å². The molecule has 0 radical (unpaired) electrons. The van der Waals surface area contributed by atoms with E-state index in [0.717, 1.165) is 0 Å². The summed E-state index contributed by atoms with van der Waals surface area (Å²) < 4.78 is 2.32. The largest absolute Gasteiger partial charge is 1.00 e. The van der Waals surface area contributed by atoms with Gasteiger partial charge >= 0.3 is 0 Å². The zero-order valence-electron chi connectivity index (χ0n) is 20.2. The van der Waals surface area contributed by atoms with Gasteiger partial charge in [-0.1, -0.05) is 104 Å². The number of halogens is 1. The monoisotopic (exact) mass is 423 g/mol. The molecular weight excluding hydrogens is 374 g/mol. The average molecular weight is 424 g/mol. The van der Waals surface area contributed by atoms with E-state index >= 15 is 0 Å². The molecule has 0 saturated carbocycles. The van der Waals surface area contributed by atoms with Gasteiger partial charge in [0, 0.05) is 18.6 Å². The maximum atomic E-state index is 2.40. The molecule has 0 bridgehead atoms. The number of unbranched alkanes of at least 4 members (excludes halogenated alkanes) is 14. The van der Waals surface area contributed by atoms with Crippen LogP contribution >= 0.6 is 0 Å². The number of hydrogen-bond acceptors (Lipinski definition) is 0. The van der Waals surface area contributed by atoms with Gasteiger partial charge in [0.25, 0.3) is 0 Å². The van der Waals surface area contributed by atoms with E-state index in [1.807, 2.05) is 0 Å². The Hall–Kier alpha value is -0.560. The van der Waals surface area contributed by atoms with Gasteiger partial charge in [0.05, 0.1) is 0 Å². The summed E-state index contributed by atoms with van der Waals surface area (Å²) in [4.78, 5) is 0. The van der Waals surface area contributed by atoms with E-state index < -0.39 is 0 Å². The van der Waals surface area contributed by atoms with E-state index in [1.165, 1.54) is 121 Å². The Morgan fingerprint density at radius 1 is 0.621 bits per heavy atom. The Bertz CT molecular complexity index is 498. The van der Waals surface area contributed by atoms with Crippen LogP contribution in [0.15, 0.2) is 12.3 Å². The molecule has 1 aromatic heterocycles. The minimum absolute atomic E-state index is 0. The lowest BCUT2D eigenvalue weighted by Crippen LogP contribution is -3.00. The van der Waals surface area contributed by atoms with E-state index in [1.54, 1.807) is 11.1 Å². The molecule has 0 unspecified atom stereocenters. The van der Waals surface area contributed by atoms with E-state index in [0.29, 0.717) is 0 Å². The Morgan fingerprint density at radius 3 is 1.52 bits per heavy atom. The summed E-state index contributed by atoms with van der Waals surface area (Å²) in [6.45, 7) is 6.91. The normalized spacial score (nSPS) is 10.9. The molecule has 2 heteroatoms. The van der Waals surface area contributed by atoms with Crippen LogP contribution in [0.1, 0.15) is 133 Å². The first kappa shape index (κ1) is 28.4. The molecule has 170 valence electrons. The Balaban J connectivity index is 0.00000784. The summed E-state index contributed by atoms with van der Waals surface area (Å²) in [7, 11) is 2.20. The van der Waals surface area contributed by atoms with Crippen molar-refractivity contribution in [2.24, 2.45) is 7.05 Å². The van der Waals surface area contributed by atoms with Crippen molar-refractivity contribution in [1.29, 1.82) is 0 Å². The third kappa shape index (κ3) is 13.4. The molecule has 0 atom stereocenters. The molecule has 1 rings (SSSR count). The molecule has 0 amide bonds. The number of pyridine rings is 1. The lowest BCUT2D eigenvalue weighted by molar-refractivity contribution is -0.678. The fraction of sp³-hybridized carbons (Fsp3) is 0.815. The third-order valence-electron chi connectivity index (χ3n) is 6.43. The standard InChI is InChI=1S/C27H50N.ClH/c1-5-7-9-11-13-15-17-19-21-26-23-24-28(4)25(3)27(26)22-20-18-16-14-12-10-8-6-2;/h23-24H,5-22H2,1-4H3;1H/q+1;/p-1. The number of hydrogen-bond donors (Lipinski definition) is 0. The minimum atomic E-state index is 0. The molecule has 0 fully saturated rings. The summed E-state index contributed by atoms with van der Waals surface area (Å²) >= 11 is 0. The summed E-state index contributed by atoms with van der Waals surface area (Å²) in [5, 5.41) is 0. The van der Waals surface area contributed by atoms with Gasteiger partial charge in [0.15, 0.2) is 11.9 Å². The van der Waals surface area contributed by atoms with Crippen molar-refractivity contribution >= 4 is 0 Å². The van der Waals surface area contributed by atoms with Gasteiger partial charge in [0.2, 0.25) is 0 Å². The summed E-state index contributed by atoms with van der Waals surface area (Å²) in [6.07, 6.45) is 27.4. The van der Waals surface area contributed by atoms with Crippen molar-refractivity contribution in [1.82, 2.24) is 0 Å². The lowest BCUT2D eigenvalue weighted by atomic mass is 9.95. The minimum Gasteiger partial charge on any atom is -1.00 e. The van der Waals surface area contributed by atoms with Crippen molar-refractivity contribution < 1.29 is 17.0 Å². The Kier molecular flexibility index (Phi) is 19.0. The van der Waals surface area contributed by atoms with Crippen LogP contribution in [0.5, 0.6) is 0 Å². The molecule has 0 aliphatic heterocycles. The molecule has 0 aromatic carbocycles. The highest BCUT2D eigenvalue weighted by Gasteiger charge is 2.13. The first-order valence-electron chi connectivity index (χ1n) is 12.7. The van der Waals surface area contributed by atoms with Gasteiger partial charge in [-0.05, 0) is 31.2 Å². The van der Waals surface area contributed by atoms with E-state index in [4.69, 9.17) is 0 Å². The Labute approximate surface area is 189 Å². The van der Waals surface area contributed by atoms with Crippen LogP contribution in [0, 0.1) is 6.92 Å². The van der Waals surface area contributed by atoms with Gasteiger partial charge in [-0.3, -0.25) is 0 Å². The fourth-order valence-corrected chi connectivity index (χ4v) is 4.32. The van der Waals surface area contributed by atoms with Crippen molar-refractivity contribution in [3.05, 3.63) is 29.1 Å². The second kappa shape index (κ2) is 19.4. The number of aryl methyl sites for hydroxylation is 2. The summed E-state index contributed by atoms with van der Waals surface area (Å²) in [5.41, 5.74) is 4.77.